The van der Waals surface area contributed by atoms with Gasteiger partial charge in [-0.05, 0) is 53.8 Å². The van der Waals surface area contributed by atoms with Gasteiger partial charge in [-0.15, -0.1) is 5.10 Å². The first-order chi connectivity index (χ1) is 16.6. The van der Waals surface area contributed by atoms with Gasteiger partial charge in [0.25, 0.3) is 5.56 Å². The molecule has 182 valence electrons. The molecule has 9 heteroatoms. The lowest BCUT2D eigenvalue weighted by Crippen LogP contribution is -2.52. The van der Waals surface area contributed by atoms with Crippen LogP contribution in [0.2, 0.25) is 0 Å². The van der Waals surface area contributed by atoms with Crippen molar-refractivity contribution in [2.45, 2.75) is 57.7 Å². The third kappa shape index (κ3) is 4.78. The summed E-state index contributed by atoms with van der Waals surface area (Å²) in [5, 5.41) is 13.6. The zero-order valence-electron chi connectivity index (χ0n) is 20.2. The van der Waals surface area contributed by atoms with Crippen molar-refractivity contribution < 1.29 is 4.74 Å². The molecule has 0 spiro atoms. The summed E-state index contributed by atoms with van der Waals surface area (Å²) in [5.41, 5.74) is 2.61. The normalized spacial score (nSPS) is 19.6. The highest BCUT2D eigenvalue weighted by Crippen LogP contribution is 2.30. The van der Waals surface area contributed by atoms with E-state index in [4.69, 9.17) is 4.74 Å². The standard InChI is InChI=1S/C25H35N7O2/c1-18-8-9-22-19(16-18)17-21(25(33)26-22)23(24-27-28-29-32(24)14-15-34-2)31-12-10-30(11-13-31)20-6-4-3-5-7-20/h8-9,16-17,20,23H,3-7,10-15H2,1-2H3,(H,26,33). The second kappa shape index (κ2) is 10.3. The number of rotatable bonds is 7. The molecule has 1 aliphatic heterocycles. The van der Waals surface area contributed by atoms with Crippen molar-refractivity contribution in [2.24, 2.45) is 0 Å². The van der Waals surface area contributed by atoms with Crippen LogP contribution in [0.5, 0.6) is 0 Å². The zero-order valence-corrected chi connectivity index (χ0v) is 20.2. The first-order valence-electron chi connectivity index (χ1n) is 12.5. The first-order valence-corrected chi connectivity index (χ1v) is 12.5. The Morgan fingerprint density at radius 1 is 1.12 bits per heavy atom. The number of tetrazole rings is 1. The van der Waals surface area contributed by atoms with Crippen molar-refractivity contribution in [2.75, 3.05) is 39.9 Å². The van der Waals surface area contributed by atoms with Gasteiger partial charge in [0.15, 0.2) is 5.82 Å². The van der Waals surface area contributed by atoms with E-state index in [1.165, 1.54) is 32.1 Å². The van der Waals surface area contributed by atoms with Gasteiger partial charge in [-0.2, -0.15) is 0 Å². The lowest BCUT2D eigenvalue weighted by atomic mass is 9.93. The predicted octanol–water partition coefficient (Wildman–Crippen LogP) is 2.51. The average Bonchev–Trinajstić information content (AvgIpc) is 3.32. The molecule has 1 N–H and O–H groups in total. The number of aromatic amines is 1. The van der Waals surface area contributed by atoms with Crippen molar-refractivity contribution in [3.63, 3.8) is 0 Å². The summed E-state index contributed by atoms with van der Waals surface area (Å²) in [4.78, 5) is 21.5. The highest BCUT2D eigenvalue weighted by atomic mass is 16.5. The second-order valence-electron chi connectivity index (χ2n) is 9.66. The predicted molar refractivity (Wildman–Crippen MR) is 131 cm³/mol. The zero-order chi connectivity index (χ0) is 23.5. The van der Waals surface area contributed by atoms with Crippen LogP contribution in [0.3, 0.4) is 0 Å². The van der Waals surface area contributed by atoms with Gasteiger partial charge in [-0.3, -0.25) is 14.6 Å². The minimum atomic E-state index is -0.311. The van der Waals surface area contributed by atoms with Crippen LogP contribution >= 0.6 is 0 Å². The maximum atomic E-state index is 13.3. The number of pyridine rings is 1. The van der Waals surface area contributed by atoms with E-state index in [-0.39, 0.29) is 11.6 Å². The van der Waals surface area contributed by atoms with Crippen molar-refractivity contribution in [1.29, 1.82) is 0 Å². The van der Waals surface area contributed by atoms with Crippen LogP contribution in [0.4, 0.5) is 0 Å². The number of hydrogen-bond acceptors (Lipinski definition) is 7. The maximum absolute atomic E-state index is 13.3. The number of nitrogens with zero attached hydrogens (tertiary/aromatic N) is 6. The quantitative estimate of drug-likeness (QED) is 0.573. The molecule has 0 radical (unpaired) electrons. The Kier molecular flexibility index (Phi) is 7.03. The van der Waals surface area contributed by atoms with Crippen LogP contribution in [0.25, 0.3) is 10.9 Å². The van der Waals surface area contributed by atoms with Gasteiger partial charge in [-0.1, -0.05) is 30.9 Å². The summed E-state index contributed by atoms with van der Waals surface area (Å²) >= 11 is 0. The number of methoxy groups -OCH3 is 1. The lowest BCUT2D eigenvalue weighted by Gasteiger charge is -2.42. The molecule has 1 aliphatic carbocycles. The molecule has 0 bridgehead atoms. The van der Waals surface area contributed by atoms with E-state index in [2.05, 4.69) is 43.3 Å². The van der Waals surface area contributed by atoms with Gasteiger partial charge in [0.05, 0.1) is 13.2 Å². The lowest BCUT2D eigenvalue weighted by molar-refractivity contribution is 0.0612. The topological polar surface area (TPSA) is 92.2 Å². The number of aromatic nitrogens is 5. The molecule has 1 unspecified atom stereocenters. The summed E-state index contributed by atoms with van der Waals surface area (Å²) in [7, 11) is 1.67. The van der Waals surface area contributed by atoms with Crippen LogP contribution in [-0.4, -0.2) is 80.9 Å². The molecule has 5 rings (SSSR count). The van der Waals surface area contributed by atoms with E-state index >= 15 is 0 Å². The van der Waals surface area contributed by atoms with Crippen LogP contribution in [0.15, 0.2) is 29.1 Å². The van der Waals surface area contributed by atoms with Crippen molar-refractivity contribution in [3.8, 4) is 0 Å². The molecule has 1 saturated heterocycles. The van der Waals surface area contributed by atoms with Gasteiger partial charge in [0, 0.05) is 50.4 Å². The molecule has 1 saturated carbocycles. The van der Waals surface area contributed by atoms with Gasteiger partial charge in [0.2, 0.25) is 0 Å². The third-order valence-electron chi connectivity index (χ3n) is 7.44. The molecule has 1 atom stereocenters. The molecular formula is C25H35N7O2. The van der Waals surface area contributed by atoms with Crippen LogP contribution in [-0.2, 0) is 11.3 Å². The molecule has 0 amide bonds. The number of benzene rings is 1. The summed E-state index contributed by atoms with van der Waals surface area (Å²) < 4.78 is 7.05. The minimum absolute atomic E-state index is 0.0858. The molecular weight excluding hydrogens is 430 g/mol. The summed E-state index contributed by atoms with van der Waals surface area (Å²) in [6.07, 6.45) is 6.67. The average molecular weight is 466 g/mol. The number of nitrogens with one attached hydrogen (secondary N) is 1. The van der Waals surface area contributed by atoms with Crippen LogP contribution in [0.1, 0.15) is 55.1 Å². The Balaban J connectivity index is 1.49. The monoisotopic (exact) mass is 465 g/mol. The van der Waals surface area contributed by atoms with E-state index in [9.17, 15) is 4.79 Å². The van der Waals surface area contributed by atoms with Gasteiger partial charge in [0.1, 0.15) is 6.04 Å². The molecule has 2 fully saturated rings. The van der Waals surface area contributed by atoms with E-state index in [1.807, 2.05) is 18.2 Å². The molecule has 3 aromatic rings. The van der Waals surface area contributed by atoms with E-state index in [0.717, 1.165) is 42.6 Å². The Hall–Kier alpha value is -2.62. The first kappa shape index (κ1) is 23.1. The van der Waals surface area contributed by atoms with Crippen LogP contribution in [0, 0.1) is 6.92 Å². The smallest absolute Gasteiger partial charge is 0.253 e. The number of H-pyrrole nitrogens is 1. The Morgan fingerprint density at radius 3 is 2.68 bits per heavy atom. The Morgan fingerprint density at radius 2 is 1.91 bits per heavy atom. The molecule has 34 heavy (non-hydrogen) atoms. The Labute approximate surface area is 200 Å². The number of piperazine rings is 1. The fraction of sp³-hybridized carbons (Fsp3) is 0.600. The van der Waals surface area contributed by atoms with Gasteiger partial charge < -0.3 is 9.72 Å². The summed E-state index contributed by atoms with van der Waals surface area (Å²) in [6.45, 7) is 6.89. The number of ether oxygens (including phenoxy) is 1. The van der Waals surface area contributed by atoms with Gasteiger partial charge >= 0.3 is 0 Å². The highest BCUT2D eigenvalue weighted by Gasteiger charge is 2.34. The summed E-state index contributed by atoms with van der Waals surface area (Å²) in [6, 6.07) is 8.51. The minimum Gasteiger partial charge on any atom is -0.383 e. The number of hydrogen-bond donors (Lipinski definition) is 1. The van der Waals surface area contributed by atoms with Gasteiger partial charge in [-0.25, -0.2) is 4.68 Å². The molecule has 1 aromatic carbocycles. The second-order valence-corrected chi connectivity index (χ2v) is 9.66. The van der Waals surface area contributed by atoms with E-state index in [1.54, 1.807) is 11.8 Å². The highest BCUT2D eigenvalue weighted by molar-refractivity contribution is 5.79. The molecule has 9 nitrogen and oxygen atoms in total. The fourth-order valence-electron chi connectivity index (χ4n) is 5.60. The van der Waals surface area contributed by atoms with E-state index in [0.29, 0.717) is 30.6 Å². The van der Waals surface area contributed by atoms with Crippen molar-refractivity contribution in [1.82, 2.24) is 35.0 Å². The van der Waals surface area contributed by atoms with E-state index < -0.39 is 0 Å². The van der Waals surface area contributed by atoms with Crippen LogP contribution < -0.4 is 5.56 Å². The Bertz CT molecular complexity index is 1160. The molecule has 3 heterocycles. The number of aryl methyl sites for hydroxylation is 1. The SMILES string of the molecule is COCCn1nnnc1C(c1cc2cc(C)ccc2[nH]c1=O)N1CCN(C2CCCCC2)CC1. The summed E-state index contributed by atoms with van der Waals surface area (Å²) in [5.74, 6) is 0.695. The number of fused-ring (bicyclic) bond motifs is 1. The molecule has 2 aromatic heterocycles. The maximum Gasteiger partial charge on any atom is 0.253 e. The van der Waals surface area contributed by atoms with Crippen molar-refractivity contribution in [3.05, 3.63) is 51.6 Å². The third-order valence-corrected chi connectivity index (χ3v) is 7.44. The fourth-order valence-corrected chi connectivity index (χ4v) is 5.60. The molecule has 2 aliphatic rings. The van der Waals surface area contributed by atoms with Crippen molar-refractivity contribution >= 4 is 10.9 Å². The largest absolute Gasteiger partial charge is 0.383 e.